The third kappa shape index (κ3) is 2.39. The summed E-state index contributed by atoms with van der Waals surface area (Å²) in [4.78, 5) is 7.24. The number of aromatic nitrogens is 4. The first-order chi connectivity index (χ1) is 8.09. The van der Waals surface area contributed by atoms with E-state index in [0.29, 0.717) is 5.15 Å². The molecule has 0 aliphatic heterocycles. The van der Waals surface area contributed by atoms with Gasteiger partial charge in [0.25, 0.3) is 0 Å². The second kappa shape index (κ2) is 4.71. The van der Waals surface area contributed by atoms with Gasteiger partial charge < -0.3 is 10.3 Å². The molecule has 0 saturated carbocycles. The van der Waals surface area contributed by atoms with Gasteiger partial charge in [0.15, 0.2) is 11.0 Å². The minimum Gasteiger partial charge on any atom is -0.359 e. The molecule has 0 bridgehead atoms. The quantitative estimate of drug-likeness (QED) is 0.880. The van der Waals surface area contributed by atoms with Crippen molar-refractivity contribution in [2.24, 2.45) is 0 Å². The molecule has 5 nitrogen and oxygen atoms in total. The molecular formula is C11H14ClN5. The fraction of sp³-hybridized carbons (Fsp3) is 0.364. The predicted octanol–water partition coefficient (Wildman–Crippen LogP) is 2.64. The molecule has 0 spiro atoms. The molecule has 0 amide bonds. The summed E-state index contributed by atoms with van der Waals surface area (Å²) < 4.78 is 0. The molecule has 0 saturated heterocycles. The first-order valence-corrected chi connectivity index (χ1v) is 5.72. The Balaban J connectivity index is 2.22. The molecule has 6 heteroatoms. The predicted molar refractivity (Wildman–Crippen MR) is 67.1 cm³/mol. The molecule has 2 aromatic rings. The molecule has 2 heterocycles. The summed E-state index contributed by atoms with van der Waals surface area (Å²) in [6.45, 7) is 5.89. The van der Waals surface area contributed by atoms with Gasteiger partial charge in [-0.3, -0.25) is 0 Å². The van der Waals surface area contributed by atoms with Gasteiger partial charge >= 0.3 is 0 Å². The van der Waals surface area contributed by atoms with Crippen molar-refractivity contribution in [1.82, 2.24) is 20.2 Å². The van der Waals surface area contributed by atoms with Crippen LogP contribution >= 0.6 is 11.6 Å². The van der Waals surface area contributed by atoms with Crippen molar-refractivity contribution in [3.63, 3.8) is 0 Å². The van der Waals surface area contributed by atoms with Gasteiger partial charge in [0.2, 0.25) is 0 Å². The van der Waals surface area contributed by atoms with E-state index in [4.69, 9.17) is 11.6 Å². The Morgan fingerprint density at radius 1 is 1.29 bits per heavy atom. The van der Waals surface area contributed by atoms with Crippen LogP contribution in [0.15, 0.2) is 12.4 Å². The molecule has 0 aromatic carbocycles. The summed E-state index contributed by atoms with van der Waals surface area (Å²) in [6, 6.07) is 0.0403. The van der Waals surface area contributed by atoms with Gasteiger partial charge in [-0.25, -0.2) is 4.98 Å². The molecule has 1 unspecified atom stereocenters. The highest BCUT2D eigenvalue weighted by atomic mass is 35.5. The molecule has 2 N–H and O–H groups in total. The highest BCUT2D eigenvalue weighted by Crippen LogP contribution is 2.23. The molecule has 2 aromatic heterocycles. The van der Waals surface area contributed by atoms with Crippen LogP contribution in [0.4, 0.5) is 5.82 Å². The van der Waals surface area contributed by atoms with Gasteiger partial charge in [-0.1, -0.05) is 11.6 Å². The number of rotatable bonds is 3. The van der Waals surface area contributed by atoms with E-state index in [9.17, 15) is 0 Å². The van der Waals surface area contributed by atoms with Crippen LogP contribution in [0.2, 0.25) is 5.15 Å². The van der Waals surface area contributed by atoms with Crippen molar-refractivity contribution in [2.75, 3.05) is 5.32 Å². The fourth-order valence-corrected chi connectivity index (χ4v) is 1.68. The number of H-pyrrole nitrogens is 1. The molecular weight excluding hydrogens is 238 g/mol. The van der Waals surface area contributed by atoms with Crippen LogP contribution in [0.1, 0.15) is 29.9 Å². The minimum absolute atomic E-state index is 0.0403. The zero-order chi connectivity index (χ0) is 12.4. The number of hydrogen-bond donors (Lipinski definition) is 2. The van der Waals surface area contributed by atoms with Crippen molar-refractivity contribution in [2.45, 2.75) is 26.8 Å². The van der Waals surface area contributed by atoms with E-state index in [1.807, 2.05) is 20.8 Å². The molecule has 90 valence electrons. The van der Waals surface area contributed by atoms with Gasteiger partial charge in [-0.05, 0) is 31.9 Å². The monoisotopic (exact) mass is 251 g/mol. The van der Waals surface area contributed by atoms with Gasteiger partial charge in [-0.2, -0.15) is 0 Å². The number of nitrogens with zero attached hydrogens (tertiary/aromatic N) is 3. The highest BCUT2D eigenvalue weighted by molar-refractivity contribution is 6.30. The second-order valence-corrected chi connectivity index (χ2v) is 4.29. The number of aromatic amines is 1. The Labute approximate surface area is 105 Å². The molecule has 0 aliphatic carbocycles. The highest BCUT2D eigenvalue weighted by Gasteiger charge is 2.12. The number of imidazole rings is 1. The van der Waals surface area contributed by atoms with E-state index in [-0.39, 0.29) is 6.04 Å². The third-order valence-electron chi connectivity index (χ3n) is 2.75. The third-order valence-corrected chi connectivity index (χ3v) is 3.11. The van der Waals surface area contributed by atoms with Crippen LogP contribution in [0.3, 0.4) is 0 Å². The lowest BCUT2D eigenvalue weighted by molar-refractivity contribution is 0.793. The average molecular weight is 252 g/mol. The standard InChI is InChI=1S/C11H14ClN5/c1-6-7(2)10(17-16-9(6)12)15-8(3)11-13-4-5-14-11/h4-5,8H,1-3H3,(H,13,14)(H,15,17). The fourth-order valence-electron chi connectivity index (χ4n) is 1.50. The Morgan fingerprint density at radius 2 is 2.06 bits per heavy atom. The average Bonchev–Trinajstić information content (AvgIpc) is 2.83. The maximum absolute atomic E-state index is 5.90. The Hall–Kier alpha value is -1.62. The number of nitrogens with one attached hydrogen (secondary N) is 2. The lowest BCUT2D eigenvalue weighted by atomic mass is 10.2. The Bertz CT molecular complexity index is 509. The van der Waals surface area contributed by atoms with Crippen LogP contribution in [0.25, 0.3) is 0 Å². The summed E-state index contributed by atoms with van der Waals surface area (Å²) in [6.07, 6.45) is 3.51. The summed E-state index contributed by atoms with van der Waals surface area (Å²) >= 11 is 5.90. The van der Waals surface area contributed by atoms with Gasteiger partial charge in [0.05, 0.1) is 6.04 Å². The maximum Gasteiger partial charge on any atom is 0.155 e. The molecule has 1 atom stereocenters. The normalized spacial score (nSPS) is 12.5. The Kier molecular flexibility index (Phi) is 3.28. The number of halogens is 1. The van der Waals surface area contributed by atoms with Crippen molar-refractivity contribution in [1.29, 1.82) is 0 Å². The number of anilines is 1. The maximum atomic E-state index is 5.90. The molecule has 0 radical (unpaired) electrons. The van der Waals surface area contributed by atoms with Crippen molar-refractivity contribution in [3.8, 4) is 0 Å². The van der Waals surface area contributed by atoms with Crippen LogP contribution in [0.5, 0.6) is 0 Å². The van der Waals surface area contributed by atoms with E-state index >= 15 is 0 Å². The van der Waals surface area contributed by atoms with Gasteiger partial charge in [0.1, 0.15) is 5.82 Å². The van der Waals surface area contributed by atoms with Crippen LogP contribution in [-0.2, 0) is 0 Å². The van der Waals surface area contributed by atoms with E-state index in [2.05, 4.69) is 25.5 Å². The van der Waals surface area contributed by atoms with E-state index < -0.39 is 0 Å². The molecule has 0 aliphatic rings. The minimum atomic E-state index is 0.0403. The van der Waals surface area contributed by atoms with Gasteiger partial charge in [0, 0.05) is 12.4 Å². The lowest BCUT2D eigenvalue weighted by Gasteiger charge is -2.14. The van der Waals surface area contributed by atoms with Crippen molar-refractivity contribution in [3.05, 3.63) is 34.5 Å². The zero-order valence-electron chi connectivity index (χ0n) is 9.95. The topological polar surface area (TPSA) is 66.5 Å². The Morgan fingerprint density at radius 3 is 2.71 bits per heavy atom. The van der Waals surface area contributed by atoms with Crippen molar-refractivity contribution >= 4 is 17.4 Å². The number of hydrogen-bond acceptors (Lipinski definition) is 4. The van der Waals surface area contributed by atoms with E-state index in [1.54, 1.807) is 12.4 Å². The van der Waals surface area contributed by atoms with Crippen LogP contribution in [-0.4, -0.2) is 20.2 Å². The molecule has 0 fully saturated rings. The zero-order valence-corrected chi connectivity index (χ0v) is 10.7. The van der Waals surface area contributed by atoms with Crippen LogP contribution < -0.4 is 5.32 Å². The summed E-state index contributed by atoms with van der Waals surface area (Å²) in [5, 5.41) is 11.6. The largest absolute Gasteiger partial charge is 0.359 e. The first-order valence-electron chi connectivity index (χ1n) is 5.34. The lowest BCUT2D eigenvalue weighted by Crippen LogP contribution is -2.12. The molecule has 17 heavy (non-hydrogen) atoms. The summed E-state index contributed by atoms with van der Waals surface area (Å²) in [5.41, 5.74) is 1.94. The second-order valence-electron chi connectivity index (χ2n) is 3.93. The smallest absolute Gasteiger partial charge is 0.155 e. The van der Waals surface area contributed by atoms with Crippen molar-refractivity contribution < 1.29 is 0 Å². The molecule has 2 rings (SSSR count). The summed E-state index contributed by atoms with van der Waals surface area (Å²) in [5.74, 6) is 1.59. The van der Waals surface area contributed by atoms with E-state index in [1.165, 1.54) is 0 Å². The SMILES string of the molecule is Cc1c(Cl)nnc(NC(C)c2ncc[nH]2)c1C. The van der Waals surface area contributed by atoms with E-state index in [0.717, 1.165) is 22.8 Å². The summed E-state index contributed by atoms with van der Waals surface area (Å²) in [7, 11) is 0. The van der Waals surface area contributed by atoms with Crippen LogP contribution in [0, 0.1) is 13.8 Å². The first kappa shape index (κ1) is 11.9. The van der Waals surface area contributed by atoms with Gasteiger partial charge in [-0.15, -0.1) is 10.2 Å².